The molecule has 2 N–H and O–H groups in total. The van der Waals surface area contributed by atoms with Crippen LogP contribution in [0, 0.1) is 0 Å². The molecule has 0 heterocycles. The molecule has 2 aliphatic carbocycles. The molecule has 0 saturated carbocycles. The van der Waals surface area contributed by atoms with Crippen molar-refractivity contribution in [3.63, 3.8) is 0 Å². The van der Waals surface area contributed by atoms with Crippen LogP contribution in [0.1, 0.15) is 40.5 Å². The van der Waals surface area contributed by atoms with Crippen molar-refractivity contribution in [2.45, 2.75) is 23.7 Å². The van der Waals surface area contributed by atoms with E-state index in [0.29, 0.717) is 0 Å². The van der Waals surface area contributed by atoms with Crippen LogP contribution in [0.5, 0.6) is 0 Å². The summed E-state index contributed by atoms with van der Waals surface area (Å²) in [5.74, 6) is -3.21. The molecule has 0 saturated heterocycles. The summed E-state index contributed by atoms with van der Waals surface area (Å²) in [6.45, 7) is 0. The van der Waals surface area contributed by atoms with Gasteiger partial charge >= 0.3 is 11.9 Å². The van der Waals surface area contributed by atoms with Gasteiger partial charge in [-0.2, -0.15) is 0 Å². The molecule has 0 radical (unpaired) electrons. The molecule has 0 aromatic heterocycles. The van der Waals surface area contributed by atoms with Crippen LogP contribution in [-0.2, 0) is 15.0 Å². The van der Waals surface area contributed by atoms with Gasteiger partial charge in [0.05, 0.1) is 11.8 Å². The highest BCUT2D eigenvalue weighted by atomic mass is 16.4. The maximum atomic E-state index is 11.9. The molecule has 22 heavy (non-hydrogen) atoms. The molecule has 0 fully saturated rings. The Morgan fingerprint density at radius 2 is 1.50 bits per heavy atom. The van der Waals surface area contributed by atoms with Crippen LogP contribution in [-0.4, -0.2) is 22.2 Å². The van der Waals surface area contributed by atoms with Crippen molar-refractivity contribution in [1.29, 1.82) is 0 Å². The predicted molar refractivity (Wildman–Crippen MR) is 79.0 cm³/mol. The average Bonchev–Trinajstić information content (AvgIpc) is 2.71. The van der Waals surface area contributed by atoms with Gasteiger partial charge in [0, 0.05) is 5.41 Å². The number of fused-ring (bicyclic) bond motifs is 6. The van der Waals surface area contributed by atoms with Crippen molar-refractivity contribution in [3.05, 3.63) is 70.8 Å². The molecule has 2 aliphatic rings. The molecule has 0 aliphatic heterocycles. The smallest absolute Gasteiger partial charge is 0.312 e. The maximum absolute atomic E-state index is 11.9. The zero-order chi connectivity index (χ0) is 15.5. The summed E-state index contributed by atoms with van der Waals surface area (Å²) in [5, 5.41) is 19.4. The number of benzene rings is 2. The van der Waals surface area contributed by atoms with Gasteiger partial charge in [-0.3, -0.25) is 9.59 Å². The first-order valence-electron chi connectivity index (χ1n) is 7.20. The number of hydrogen-bond acceptors (Lipinski definition) is 2. The van der Waals surface area contributed by atoms with Gasteiger partial charge in [-0.1, -0.05) is 48.5 Å². The Morgan fingerprint density at radius 1 is 0.909 bits per heavy atom. The van der Waals surface area contributed by atoms with Crippen LogP contribution in [0.25, 0.3) is 0 Å². The second-order valence-corrected chi connectivity index (χ2v) is 6.09. The summed E-state index contributed by atoms with van der Waals surface area (Å²) in [5.41, 5.74) is 2.53. The van der Waals surface area contributed by atoms with Crippen molar-refractivity contribution in [2.24, 2.45) is 0 Å². The van der Waals surface area contributed by atoms with Crippen molar-refractivity contribution in [3.8, 4) is 0 Å². The van der Waals surface area contributed by atoms with E-state index in [0.717, 1.165) is 22.3 Å². The molecule has 4 nitrogen and oxygen atoms in total. The quantitative estimate of drug-likeness (QED) is 0.893. The highest BCUT2D eigenvalue weighted by Crippen LogP contribution is 2.57. The molecule has 3 unspecified atom stereocenters. The van der Waals surface area contributed by atoms with Crippen LogP contribution in [0.15, 0.2) is 48.5 Å². The number of carbonyl (C=O) groups is 2. The van der Waals surface area contributed by atoms with Gasteiger partial charge in [0.2, 0.25) is 0 Å². The van der Waals surface area contributed by atoms with E-state index >= 15 is 0 Å². The fourth-order valence-electron chi connectivity index (χ4n) is 4.19. The first kappa shape index (κ1) is 13.1. The Hall–Kier alpha value is -2.62. The predicted octanol–water partition coefficient (Wildman–Crippen LogP) is 2.73. The van der Waals surface area contributed by atoms with Gasteiger partial charge in [-0.15, -0.1) is 0 Å². The third-order valence-corrected chi connectivity index (χ3v) is 5.10. The standard InChI is InChI=1S/C18H14O4/c19-16(20)14-9-18(12-5-1-3-10(14)7-12)13-6-2-4-11(8-13)15(18)17(21)22/h1-8,14-15H,9H2,(H,19,20)(H,21,22). The van der Waals surface area contributed by atoms with Crippen LogP contribution >= 0.6 is 0 Å². The number of hydrogen-bond donors (Lipinski definition) is 2. The lowest BCUT2D eigenvalue weighted by Gasteiger charge is -2.41. The lowest BCUT2D eigenvalue weighted by Crippen LogP contribution is -2.40. The first-order valence-corrected chi connectivity index (χ1v) is 7.20. The maximum Gasteiger partial charge on any atom is 0.312 e. The highest BCUT2D eigenvalue weighted by molar-refractivity contribution is 5.85. The largest absolute Gasteiger partial charge is 0.481 e. The van der Waals surface area contributed by atoms with Gasteiger partial charge < -0.3 is 10.2 Å². The Labute approximate surface area is 127 Å². The molecule has 4 rings (SSSR count). The van der Waals surface area contributed by atoms with Crippen LogP contribution in [0.3, 0.4) is 0 Å². The molecule has 2 aromatic rings. The number of aliphatic carboxylic acids is 2. The highest BCUT2D eigenvalue weighted by Gasteiger charge is 2.54. The van der Waals surface area contributed by atoms with Crippen molar-refractivity contribution in [2.75, 3.05) is 0 Å². The number of carboxylic acids is 2. The third kappa shape index (κ3) is 1.47. The lowest BCUT2D eigenvalue weighted by atomic mass is 9.60. The molecule has 2 aromatic carbocycles. The van der Waals surface area contributed by atoms with Gasteiger partial charge in [0.25, 0.3) is 0 Å². The summed E-state index contributed by atoms with van der Waals surface area (Å²) < 4.78 is 0. The summed E-state index contributed by atoms with van der Waals surface area (Å²) in [7, 11) is 0. The Morgan fingerprint density at radius 3 is 2.09 bits per heavy atom. The van der Waals surface area contributed by atoms with E-state index < -0.39 is 29.2 Å². The normalized spacial score (nSPS) is 27.8. The van der Waals surface area contributed by atoms with Gasteiger partial charge in [-0.25, -0.2) is 0 Å². The van der Waals surface area contributed by atoms with E-state index in [4.69, 9.17) is 0 Å². The zero-order valence-corrected chi connectivity index (χ0v) is 11.7. The lowest BCUT2D eigenvalue weighted by molar-refractivity contribution is -0.143. The minimum Gasteiger partial charge on any atom is -0.481 e. The van der Waals surface area contributed by atoms with Crippen LogP contribution in [0.4, 0.5) is 0 Å². The fourth-order valence-corrected chi connectivity index (χ4v) is 4.19. The molecule has 3 atom stereocenters. The van der Waals surface area contributed by atoms with Gasteiger partial charge in [-0.05, 0) is 28.7 Å². The summed E-state index contributed by atoms with van der Waals surface area (Å²) in [6.07, 6.45) is 0.287. The Bertz CT molecular complexity index is 810. The van der Waals surface area contributed by atoms with Crippen molar-refractivity contribution >= 4 is 11.9 Å². The molecule has 4 bridgehead atoms. The SMILES string of the molecule is O=C(O)C1CC2(c3cccc1c3)c1cccc(c1)C2C(=O)O. The van der Waals surface area contributed by atoms with E-state index in [1.807, 2.05) is 42.5 Å². The average molecular weight is 294 g/mol. The Kier molecular flexibility index (Phi) is 2.49. The van der Waals surface area contributed by atoms with Gasteiger partial charge in [0.1, 0.15) is 0 Å². The van der Waals surface area contributed by atoms with E-state index in [2.05, 4.69) is 0 Å². The Balaban J connectivity index is 2.01. The van der Waals surface area contributed by atoms with Crippen molar-refractivity contribution in [1.82, 2.24) is 0 Å². The third-order valence-electron chi connectivity index (χ3n) is 5.10. The molecule has 110 valence electrons. The van der Waals surface area contributed by atoms with Crippen LogP contribution < -0.4 is 0 Å². The molecular weight excluding hydrogens is 280 g/mol. The first-order chi connectivity index (χ1) is 10.5. The van der Waals surface area contributed by atoms with E-state index in [1.54, 1.807) is 6.07 Å². The molecular formula is C18H14O4. The fraction of sp³-hybridized carbons (Fsp3) is 0.222. The molecule has 4 heteroatoms. The van der Waals surface area contributed by atoms with Crippen molar-refractivity contribution < 1.29 is 19.8 Å². The number of carboxylic acid groups (broad SMARTS) is 2. The summed E-state index contributed by atoms with van der Waals surface area (Å²) >= 11 is 0. The second-order valence-electron chi connectivity index (χ2n) is 6.09. The van der Waals surface area contributed by atoms with Crippen LogP contribution in [0.2, 0.25) is 0 Å². The van der Waals surface area contributed by atoms with E-state index in [-0.39, 0.29) is 6.42 Å². The molecule has 0 amide bonds. The minimum atomic E-state index is -0.905. The molecule has 1 spiro atoms. The summed E-state index contributed by atoms with van der Waals surface area (Å²) in [4.78, 5) is 23.6. The zero-order valence-electron chi connectivity index (χ0n) is 11.7. The van der Waals surface area contributed by atoms with E-state index in [1.165, 1.54) is 0 Å². The summed E-state index contributed by atoms with van der Waals surface area (Å²) in [6, 6.07) is 14.9. The second kappa shape index (κ2) is 4.19. The topological polar surface area (TPSA) is 74.6 Å². The van der Waals surface area contributed by atoms with E-state index in [9.17, 15) is 19.8 Å². The van der Waals surface area contributed by atoms with Gasteiger partial charge in [0.15, 0.2) is 0 Å². The minimum absolute atomic E-state index is 0.287. The number of rotatable bonds is 2. The monoisotopic (exact) mass is 294 g/mol.